The average molecular weight is 358 g/mol. The summed E-state index contributed by atoms with van der Waals surface area (Å²) in [5.74, 6) is 0.462. The molecule has 3 heterocycles. The number of aromatic nitrogens is 5. The maximum Gasteiger partial charge on any atom is 0.274 e. The Morgan fingerprint density at radius 2 is 2.23 bits per heavy atom. The molecular weight excluding hydrogens is 328 g/mol. The number of carbonyl (C=O) groups excluding carboxylic acids is 1. The summed E-state index contributed by atoms with van der Waals surface area (Å²) in [7, 11) is 0. The summed E-state index contributed by atoms with van der Waals surface area (Å²) in [6.07, 6.45) is 8.37. The lowest BCUT2D eigenvalue weighted by Crippen LogP contribution is -2.41. The Balaban J connectivity index is 1.60. The lowest BCUT2D eigenvalue weighted by Gasteiger charge is -2.32. The first-order valence-electron chi connectivity index (χ1n) is 9.84. The van der Waals surface area contributed by atoms with Gasteiger partial charge in [0, 0.05) is 37.1 Å². The minimum absolute atomic E-state index is 0.0466. The molecule has 0 aliphatic carbocycles. The fourth-order valence-corrected chi connectivity index (χ4v) is 3.70. The third-order valence-corrected chi connectivity index (χ3v) is 5.29. The quantitative estimate of drug-likeness (QED) is 0.825. The van der Waals surface area contributed by atoms with Crippen molar-refractivity contribution >= 4 is 5.91 Å². The SMILES string of the molecule is CCCCc1cn(C[C@@H]2CCCN(C(=O)c3n[nH]c(CC)c3C)C2)nn1. The minimum Gasteiger partial charge on any atom is -0.337 e. The molecule has 1 amide bonds. The molecular formula is C19H30N6O. The Morgan fingerprint density at radius 1 is 1.38 bits per heavy atom. The van der Waals surface area contributed by atoms with E-state index in [-0.39, 0.29) is 5.91 Å². The zero-order valence-corrected chi connectivity index (χ0v) is 16.2. The topological polar surface area (TPSA) is 79.7 Å². The number of hydrogen-bond acceptors (Lipinski definition) is 4. The molecule has 0 unspecified atom stereocenters. The number of nitrogens with zero attached hydrogens (tertiary/aromatic N) is 5. The number of likely N-dealkylation sites (tertiary alicyclic amines) is 1. The molecule has 26 heavy (non-hydrogen) atoms. The van der Waals surface area contributed by atoms with Crippen LogP contribution in [0.15, 0.2) is 6.20 Å². The lowest BCUT2D eigenvalue weighted by molar-refractivity contribution is 0.0652. The van der Waals surface area contributed by atoms with Crippen LogP contribution in [0.2, 0.25) is 0 Å². The molecule has 2 aromatic heterocycles. The van der Waals surface area contributed by atoms with Gasteiger partial charge in [-0.2, -0.15) is 5.10 Å². The van der Waals surface area contributed by atoms with Gasteiger partial charge >= 0.3 is 0 Å². The number of amides is 1. The fourth-order valence-electron chi connectivity index (χ4n) is 3.70. The second kappa shape index (κ2) is 8.47. The van der Waals surface area contributed by atoms with Gasteiger partial charge in [0.1, 0.15) is 0 Å². The number of H-pyrrole nitrogens is 1. The van der Waals surface area contributed by atoms with Gasteiger partial charge in [0.05, 0.1) is 5.69 Å². The van der Waals surface area contributed by atoms with Crippen LogP contribution >= 0.6 is 0 Å². The van der Waals surface area contributed by atoms with E-state index in [9.17, 15) is 4.79 Å². The van der Waals surface area contributed by atoms with E-state index >= 15 is 0 Å². The number of carbonyl (C=O) groups is 1. The van der Waals surface area contributed by atoms with Crippen LogP contribution in [0.3, 0.4) is 0 Å². The van der Waals surface area contributed by atoms with Crippen LogP contribution in [0.5, 0.6) is 0 Å². The van der Waals surface area contributed by atoms with E-state index in [0.717, 1.165) is 68.7 Å². The van der Waals surface area contributed by atoms with Gasteiger partial charge < -0.3 is 4.90 Å². The summed E-state index contributed by atoms with van der Waals surface area (Å²) in [4.78, 5) is 14.8. The van der Waals surface area contributed by atoms with Crippen molar-refractivity contribution in [2.45, 2.75) is 65.8 Å². The molecule has 2 aromatic rings. The third-order valence-electron chi connectivity index (χ3n) is 5.29. The molecule has 1 atom stereocenters. The smallest absolute Gasteiger partial charge is 0.274 e. The van der Waals surface area contributed by atoms with E-state index in [1.54, 1.807) is 0 Å². The highest BCUT2D eigenvalue weighted by Crippen LogP contribution is 2.21. The second-order valence-electron chi connectivity index (χ2n) is 7.32. The molecule has 1 saturated heterocycles. The summed E-state index contributed by atoms with van der Waals surface area (Å²) in [6, 6.07) is 0. The lowest BCUT2D eigenvalue weighted by atomic mass is 9.97. The highest BCUT2D eigenvalue weighted by molar-refractivity contribution is 5.94. The van der Waals surface area contributed by atoms with Crippen molar-refractivity contribution in [3.8, 4) is 0 Å². The Morgan fingerprint density at radius 3 is 2.96 bits per heavy atom. The summed E-state index contributed by atoms with van der Waals surface area (Å²) < 4.78 is 1.94. The molecule has 3 rings (SSSR count). The van der Waals surface area contributed by atoms with Gasteiger partial charge in [-0.3, -0.25) is 14.6 Å². The Bertz CT molecular complexity index is 734. The van der Waals surface area contributed by atoms with E-state index in [1.165, 1.54) is 6.42 Å². The van der Waals surface area contributed by atoms with E-state index in [2.05, 4.69) is 40.6 Å². The molecule has 0 aromatic carbocycles. The van der Waals surface area contributed by atoms with Gasteiger partial charge in [-0.25, -0.2) is 0 Å². The van der Waals surface area contributed by atoms with Crippen molar-refractivity contribution in [2.75, 3.05) is 13.1 Å². The van der Waals surface area contributed by atoms with Crippen LogP contribution in [-0.2, 0) is 19.4 Å². The number of rotatable bonds is 7. The summed E-state index contributed by atoms with van der Waals surface area (Å²) in [5.41, 5.74) is 3.67. The second-order valence-corrected chi connectivity index (χ2v) is 7.32. The zero-order valence-electron chi connectivity index (χ0n) is 16.2. The van der Waals surface area contributed by atoms with Gasteiger partial charge in [-0.15, -0.1) is 5.10 Å². The third kappa shape index (κ3) is 4.14. The normalized spacial score (nSPS) is 17.7. The maximum absolute atomic E-state index is 12.9. The van der Waals surface area contributed by atoms with E-state index in [0.29, 0.717) is 11.6 Å². The molecule has 142 valence electrons. The monoisotopic (exact) mass is 358 g/mol. The first-order valence-corrected chi connectivity index (χ1v) is 9.84. The van der Waals surface area contributed by atoms with Crippen LogP contribution in [0.4, 0.5) is 0 Å². The van der Waals surface area contributed by atoms with Crippen LogP contribution in [-0.4, -0.2) is 49.1 Å². The summed E-state index contributed by atoms with van der Waals surface area (Å²) in [6.45, 7) is 8.62. The van der Waals surface area contributed by atoms with Crippen molar-refractivity contribution in [1.82, 2.24) is 30.1 Å². The molecule has 0 radical (unpaired) electrons. The molecule has 1 fully saturated rings. The first kappa shape index (κ1) is 18.6. The number of aryl methyl sites for hydroxylation is 2. The van der Waals surface area contributed by atoms with Gasteiger partial charge in [0.15, 0.2) is 5.69 Å². The molecule has 0 saturated carbocycles. The van der Waals surface area contributed by atoms with Crippen LogP contribution in [0.1, 0.15) is 67.0 Å². The van der Waals surface area contributed by atoms with Gasteiger partial charge in [-0.1, -0.05) is 25.5 Å². The van der Waals surface area contributed by atoms with Gasteiger partial charge in [0.25, 0.3) is 5.91 Å². The molecule has 7 heteroatoms. The average Bonchev–Trinajstić information content (AvgIpc) is 3.25. The number of unbranched alkanes of at least 4 members (excludes halogenated alkanes) is 1. The molecule has 0 spiro atoms. The molecule has 1 aliphatic rings. The van der Waals surface area contributed by atoms with Crippen LogP contribution < -0.4 is 0 Å². The van der Waals surface area contributed by atoms with Crippen LogP contribution in [0.25, 0.3) is 0 Å². The van der Waals surface area contributed by atoms with Crippen molar-refractivity contribution < 1.29 is 4.79 Å². The van der Waals surface area contributed by atoms with Crippen molar-refractivity contribution in [3.63, 3.8) is 0 Å². The molecule has 1 N–H and O–H groups in total. The molecule has 0 bridgehead atoms. The van der Waals surface area contributed by atoms with Crippen molar-refractivity contribution in [3.05, 3.63) is 28.8 Å². The molecule has 1 aliphatic heterocycles. The molecule has 7 nitrogen and oxygen atoms in total. The number of aromatic amines is 1. The van der Waals surface area contributed by atoms with Crippen molar-refractivity contribution in [2.24, 2.45) is 5.92 Å². The summed E-state index contributed by atoms with van der Waals surface area (Å²) >= 11 is 0. The maximum atomic E-state index is 12.9. The fraction of sp³-hybridized carbons (Fsp3) is 0.684. The largest absolute Gasteiger partial charge is 0.337 e. The van der Waals surface area contributed by atoms with Gasteiger partial charge in [-0.05, 0) is 44.9 Å². The van der Waals surface area contributed by atoms with Crippen LogP contribution in [0, 0.1) is 12.8 Å². The van der Waals surface area contributed by atoms with Gasteiger partial charge in [0.2, 0.25) is 0 Å². The Labute approximate surface area is 155 Å². The standard InChI is InChI=1S/C19H30N6O/c1-4-6-9-16-13-25(23-20-16)12-15-8-7-10-24(11-15)19(26)18-14(3)17(5-2)21-22-18/h13,15H,4-12H2,1-3H3,(H,21,22)/t15-/m1/s1. The summed E-state index contributed by atoms with van der Waals surface area (Å²) in [5, 5.41) is 15.8. The zero-order chi connectivity index (χ0) is 18.5. The van der Waals surface area contributed by atoms with E-state index in [4.69, 9.17) is 0 Å². The highest BCUT2D eigenvalue weighted by atomic mass is 16.2. The Hall–Kier alpha value is -2.18. The number of nitrogens with one attached hydrogen (secondary N) is 1. The predicted octanol–water partition coefficient (Wildman–Crippen LogP) is 2.77. The predicted molar refractivity (Wildman–Crippen MR) is 100.0 cm³/mol. The number of hydrogen-bond donors (Lipinski definition) is 1. The van der Waals surface area contributed by atoms with E-state index in [1.807, 2.05) is 16.5 Å². The Kier molecular flexibility index (Phi) is 6.06. The van der Waals surface area contributed by atoms with Crippen molar-refractivity contribution in [1.29, 1.82) is 0 Å². The van der Waals surface area contributed by atoms with E-state index < -0.39 is 0 Å². The first-order chi connectivity index (χ1) is 12.6. The minimum atomic E-state index is 0.0466. The highest BCUT2D eigenvalue weighted by Gasteiger charge is 2.27. The number of piperidine rings is 1.